The number of thioether (sulfide) groups is 1. The van der Waals surface area contributed by atoms with E-state index in [9.17, 15) is 8.78 Å². The molecule has 6 heteroatoms. The lowest BCUT2D eigenvalue weighted by Gasteiger charge is -2.33. The summed E-state index contributed by atoms with van der Waals surface area (Å²) in [5.74, 6) is -1.80. The standard InChI is InChI=1S/C21H19F2N3S/c1-21(2)11-16(10-15-5-3-4-8-24-15)26-20(27-21)14-9-13-6-7-17(22)18(23)19(13)25-12-14/h3-9,12,16H,10-11H2,1-2H3. The number of hydrogen-bond donors (Lipinski definition) is 0. The van der Waals surface area contributed by atoms with Crippen molar-refractivity contribution in [1.29, 1.82) is 0 Å². The molecule has 0 radical (unpaired) electrons. The van der Waals surface area contributed by atoms with Gasteiger partial charge in [0.2, 0.25) is 0 Å². The van der Waals surface area contributed by atoms with E-state index in [0.717, 1.165) is 35.2 Å². The van der Waals surface area contributed by atoms with Crippen LogP contribution in [-0.2, 0) is 6.42 Å². The van der Waals surface area contributed by atoms with Crippen molar-refractivity contribution in [3.63, 3.8) is 0 Å². The lowest BCUT2D eigenvalue weighted by Crippen LogP contribution is -2.31. The molecule has 0 saturated heterocycles. The first-order chi connectivity index (χ1) is 12.9. The summed E-state index contributed by atoms with van der Waals surface area (Å²) in [4.78, 5) is 13.5. The van der Waals surface area contributed by atoms with Crippen LogP contribution in [-0.4, -0.2) is 25.8 Å². The molecule has 0 spiro atoms. The maximum absolute atomic E-state index is 13.9. The highest BCUT2D eigenvalue weighted by Crippen LogP contribution is 2.39. The van der Waals surface area contributed by atoms with Crippen molar-refractivity contribution in [2.75, 3.05) is 0 Å². The first kappa shape index (κ1) is 18.0. The summed E-state index contributed by atoms with van der Waals surface area (Å²) in [6.07, 6.45) is 5.09. The van der Waals surface area contributed by atoms with Crippen molar-refractivity contribution in [2.45, 2.75) is 37.5 Å². The van der Waals surface area contributed by atoms with Crippen LogP contribution in [0.15, 0.2) is 53.8 Å². The van der Waals surface area contributed by atoms with Crippen molar-refractivity contribution in [1.82, 2.24) is 9.97 Å². The average Bonchev–Trinajstić information content (AvgIpc) is 2.64. The third-order valence-corrected chi connectivity index (χ3v) is 5.82. The van der Waals surface area contributed by atoms with Gasteiger partial charge in [-0.05, 0) is 36.8 Å². The van der Waals surface area contributed by atoms with Crippen molar-refractivity contribution >= 4 is 27.7 Å². The van der Waals surface area contributed by atoms with Crippen molar-refractivity contribution in [2.24, 2.45) is 4.99 Å². The minimum atomic E-state index is -0.911. The van der Waals surface area contributed by atoms with Crippen LogP contribution in [0.25, 0.3) is 10.9 Å². The van der Waals surface area contributed by atoms with Crippen LogP contribution in [0.2, 0.25) is 0 Å². The fourth-order valence-corrected chi connectivity index (χ4v) is 4.61. The third kappa shape index (κ3) is 3.86. The molecule has 3 heterocycles. The zero-order valence-corrected chi connectivity index (χ0v) is 15.9. The number of halogens is 2. The molecule has 0 bridgehead atoms. The Bertz CT molecular complexity index is 1020. The van der Waals surface area contributed by atoms with E-state index >= 15 is 0 Å². The summed E-state index contributed by atoms with van der Waals surface area (Å²) in [7, 11) is 0. The zero-order valence-electron chi connectivity index (χ0n) is 15.1. The SMILES string of the molecule is CC1(C)CC(Cc2ccccn2)N=C(c2cnc3c(F)c(F)ccc3c2)S1. The van der Waals surface area contributed by atoms with Gasteiger partial charge in [0.1, 0.15) is 10.6 Å². The largest absolute Gasteiger partial charge is 0.274 e. The summed E-state index contributed by atoms with van der Waals surface area (Å²) in [5, 5.41) is 1.45. The molecule has 0 N–H and O–H groups in total. The van der Waals surface area contributed by atoms with Gasteiger partial charge in [0, 0.05) is 40.2 Å². The Hall–Kier alpha value is -2.34. The molecular weight excluding hydrogens is 364 g/mol. The van der Waals surface area contributed by atoms with Gasteiger partial charge in [0.05, 0.1) is 6.04 Å². The molecule has 1 aromatic carbocycles. The Kier molecular flexibility index (Phi) is 4.68. The van der Waals surface area contributed by atoms with E-state index in [1.165, 1.54) is 0 Å². The Morgan fingerprint density at radius 3 is 2.78 bits per heavy atom. The average molecular weight is 383 g/mol. The molecule has 1 atom stereocenters. The van der Waals surface area contributed by atoms with E-state index in [-0.39, 0.29) is 16.3 Å². The predicted octanol–water partition coefficient (Wildman–Crippen LogP) is 5.18. The second-order valence-corrected chi connectivity index (χ2v) is 9.03. The predicted molar refractivity (Wildman–Crippen MR) is 106 cm³/mol. The summed E-state index contributed by atoms with van der Waals surface area (Å²) in [6.45, 7) is 4.39. The number of fused-ring (bicyclic) bond motifs is 1. The second kappa shape index (κ2) is 7.00. The van der Waals surface area contributed by atoms with Crippen LogP contribution in [0.1, 0.15) is 31.5 Å². The van der Waals surface area contributed by atoms with Crippen molar-refractivity contribution in [3.8, 4) is 0 Å². The van der Waals surface area contributed by atoms with Crippen LogP contribution in [0, 0.1) is 11.6 Å². The maximum Gasteiger partial charge on any atom is 0.184 e. The molecule has 0 fully saturated rings. The number of aromatic nitrogens is 2. The smallest absolute Gasteiger partial charge is 0.184 e. The summed E-state index contributed by atoms with van der Waals surface area (Å²) >= 11 is 1.69. The van der Waals surface area contributed by atoms with E-state index in [1.807, 2.05) is 24.3 Å². The van der Waals surface area contributed by atoms with E-state index in [2.05, 4.69) is 23.8 Å². The van der Waals surface area contributed by atoms with Crippen LogP contribution < -0.4 is 0 Å². The van der Waals surface area contributed by atoms with Gasteiger partial charge in [-0.15, -0.1) is 0 Å². The van der Waals surface area contributed by atoms with Gasteiger partial charge in [-0.3, -0.25) is 15.0 Å². The quantitative estimate of drug-likeness (QED) is 0.625. The third-order valence-electron chi connectivity index (χ3n) is 4.56. The Morgan fingerprint density at radius 1 is 1.15 bits per heavy atom. The molecule has 3 nitrogen and oxygen atoms in total. The highest BCUT2D eigenvalue weighted by atomic mass is 32.2. The highest BCUT2D eigenvalue weighted by Gasteiger charge is 2.31. The Labute approximate surface area is 161 Å². The van der Waals surface area contributed by atoms with Crippen molar-refractivity contribution in [3.05, 3.63) is 71.7 Å². The van der Waals surface area contributed by atoms with Gasteiger partial charge in [-0.1, -0.05) is 31.7 Å². The summed E-state index contributed by atoms with van der Waals surface area (Å²) < 4.78 is 27.3. The first-order valence-corrected chi connectivity index (χ1v) is 9.64. The topological polar surface area (TPSA) is 38.1 Å². The molecule has 1 aliphatic heterocycles. The number of aliphatic imine (C=N–C) groups is 1. The van der Waals surface area contributed by atoms with E-state index < -0.39 is 11.6 Å². The maximum atomic E-state index is 13.9. The van der Waals surface area contributed by atoms with Gasteiger partial charge < -0.3 is 0 Å². The zero-order chi connectivity index (χ0) is 19.0. The number of rotatable bonds is 3. The van der Waals surface area contributed by atoms with E-state index in [1.54, 1.807) is 30.2 Å². The fraction of sp³-hybridized carbons (Fsp3) is 0.286. The van der Waals surface area contributed by atoms with Gasteiger partial charge >= 0.3 is 0 Å². The molecule has 0 amide bonds. The molecule has 4 rings (SSSR count). The van der Waals surface area contributed by atoms with Crippen LogP contribution in [0.5, 0.6) is 0 Å². The minimum absolute atomic E-state index is 0.0134. The molecular formula is C21H19F2N3S. The van der Waals surface area contributed by atoms with E-state index in [4.69, 9.17) is 4.99 Å². The molecule has 2 aromatic heterocycles. The molecule has 1 aliphatic rings. The van der Waals surface area contributed by atoms with E-state index in [0.29, 0.717) is 5.39 Å². The molecule has 1 unspecified atom stereocenters. The Balaban J connectivity index is 1.70. The van der Waals surface area contributed by atoms with Gasteiger partial charge in [0.25, 0.3) is 0 Å². The highest BCUT2D eigenvalue weighted by molar-refractivity contribution is 8.15. The Morgan fingerprint density at radius 2 is 2.00 bits per heavy atom. The van der Waals surface area contributed by atoms with Crippen LogP contribution >= 0.6 is 11.8 Å². The van der Waals surface area contributed by atoms with Gasteiger partial charge in [0.15, 0.2) is 11.6 Å². The molecule has 0 saturated carbocycles. The monoisotopic (exact) mass is 383 g/mol. The van der Waals surface area contributed by atoms with Crippen LogP contribution in [0.3, 0.4) is 0 Å². The fourth-order valence-electron chi connectivity index (χ4n) is 3.38. The number of benzene rings is 1. The number of pyridine rings is 2. The van der Waals surface area contributed by atoms with Crippen LogP contribution in [0.4, 0.5) is 8.78 Å². The van der Waals surface area contributed by atoms with Crippen molar-refractivity contribution < 1.29 is 8.78 Å². The first-order valence-electron chi connectivity index (χ1n) is 8.82. The summed E-state index contributed by atoms with van der Waals surface area (Å²) in [5.41, 5.74) is 1.89. The molecule has 0 aliphatic carbocycles. The molecule has 138 valence electrons. The van der Waals surface area contributed by atoms with Gasteiger partial charge in [-0.2, -0.15) is 0 Å². The summed E-state index contributed by atoms with van der Waals surface area (Å²) in [6, 6.07) is 10.5. The lowest BCUT2D eigenvalue weighted by atomic mass is 9.98. The normalized spacial score (nSPS) is 19.1. The van der Waals surface area contributed by atoms with Gasteiger partial charge in [-0.25, -0.2) is 8.78 Å². The number of nitrogens with zero attached hydrogens (tertiary/aromatic N) is 3. The lowest BCUT2D eigenvalue weighted by molar-refractivity contribution is 0.515. The minimum Gasteiger partial charge on any atom is -0.274 e. The molecule has 3 aromatic rings. The number of hydrogen-bond acceptors (Lipinski definition) is 4. The second-order valence-electron chi connectivity index (χ2n) is 7.34. The molecule has 27 heavy (non-hydrogen) atoms.